The lowest BCUT2D eigenvalue weighted by Crippen LogP contribution is -2.44. The van der Waals surface area contributed by atoms with Crippen LogP contribution < -0.4 is 10.6 Å². The van der Waals surface area contributed by atoms with Gasteiger partial charge in [0, 0.05) is 11.8 Å². The molecule has 2 aromatic heterocycles. The Bertz CT molecular complexity index is 979. The second-order valence-corrected chi connectivity index (χ2v) is 7.04. The highest BCUT2D eigenvalue weighted by Crippen LogP contribution is 2.29. The van der Waals surface area contributed by atoms with Gasteiger partial charge in [0.2, 0.25) is 5.95 Å². The average molecular weight is 392 g/mol. The number of carbonyl (C=O) groups excluding carboxylic acids is 1. The van der Waals surface area contributed by atoms with E-state index in [1.807, 2.05) is 30.3 Å². The quantitative estimate of drug-likeness (QED) is 0.686. The van der Waals surface area contributed by atoms with E-state index in [0.717, 1.165) is 0 Å². The van der Waals surface area contributed by atoms with Crippen LogP contribution in [0.2, 0.25) is 0 Å². The van der Waals surface area contributed by atoms with Crippen molar-refractivity contribution < 1.29 is 18.7 Å². The van der Waals surface area contributed by atoms with Crippen molar-refractivity contribution in [2.75, 3.05) is 18.5 Å². The number of nitrogens with zero attached hydrogens (tertiary/aromatic N) is 2. The van der Waals surface area contributed by atoms with Crippen LogP contribution in [0.1, 0.15) is 10.4 Å². The van der Waals surface area contributed by atoms with Gasteiger partial charge in [-0.15, -0.1) is 0 Å². The number of fused-ring (bicyclic) bond motifs is 1. The fraction of sp³-hybridized carbons (Fsp3) is 0.286. The van der Waals surface area contributed by atoms with E-state index in [4.69, 9.17) is 13.9 Å². The molecular formula is C21H20N4O4. The van der Waals surface area contributed by atoms with E-state index in [1.165, 1.54) is 0 Å². The Labute approximate surface area is 167 Å². The van der Waals surface area contributed by atoms with E-state index in [2.05, 4.69) is 20.6 Å². The highest BCUT2D eigenvalue weighted by molar-refractivity contribution is 5.94. The summed E-state index contributed by atoms with van der Waals surface area (Å²) in [6.45, 7) is 0.848. The van der Waals surface area contributed by atoms with Gasteiger partial charge in [-0.2, -0.15) is 0 Å². The molecule has 4 atom stereocenters. The lowest BCUT2D eigenvalue weighted by Gasteiger charge is -2.18. The highest BCUT2D eigenvalue weighted by Gasteiger charge is 2.48. The Hall–Kier alpha value is -3.23. The maximum absolute atomic E-state index is 12.4. The number of nitrogens with one attached hydrogen (secondary N) is 2. The number of carbonyl (C=O) groups is 1. The van der Waals surface area contributed by atoms with E-state index in [-0.39, 0.29) is 30.2 Å². The number of rotatable bonds is 5. The standard InChI is InChI=1S/C21H20N4O4/c26-20(13-5-2-1-3-6-13)23-15-11-28-19-16(12-29-18(15)19)25-21-22-9-8-14(24-21)17-7-4-10-27-17/h1-10,15-16,18-19H,11-12H2,(H,23,26)(H,22,24,25). The van der Waals surface area contributed by atoms with Gasteiger partial charge in [0.15, 0.2) is 5.76 Å². The molecule has 1 amide bonds. The lowest BCUT2D eigenvalue weighted by atomic mass is 10.1. The predicted octanol–water partition coefficient (Wildman–Crippen LogP) is 2.11. The van der Waals surface area contributed by atoms with Gasteiger partial charge in [-0.3, -0.25) is 4.79 Å². The molecule has 2 saturated heterocycles. The molecule has 5 rings (SSSR count). The molecule has 148 valence electrons. The highest BCUT2D eigenvalue weighted by atomic mass is 16.6. The summed E-state index contributed by atoms with van der Waals surface area (Å²) in [5, 5.41) is 6.31. The Morgan fingerprint density at radius 3 is 2.55 bits per heavy atom. The van der Waals surface area contributed by atoms with E-state index in [1.54, 1.807) is 30.7 Å². The third kappa shape index (κ3) is 3.59. The van der Waals surface area contributed by atoms with Gasteiger partial charge >= 0.3 is 0 Å². The number of aromatic nitrogens is 2. The summed E-state index contributed by atoms with van der Waals surface area (Å²) in [5.41, 5.74) is 1.31. The third-order valence-electron chi connectivity index (χ3n) is 5.15. The number of hydrogen-bond donors (Lipinski definition) is 2. The second-order valence-electron chi connectivity index (χ2n) is 7.04. The summed E-state index contributed by atoms with van der Waals surface area (Å²) in [6.07, 6.45) is 2.88. The Kier molecular flexibility index (Phi) is 4.71. The van der Waals surface area contributed by atoms with Crippen molar-refractivity contribution >= 4 is 11.9 Å². The minimum Gasteiger partial charge on any atom is -0.463 e. The minimum absolute atomic E-state index is 0.106. The van der Waals surface area contributed by atoms with Gasteiger partial charge in [-0.1, -0.05) is 18.2 Å². The van der Waals surface area contributed by atoms with Gasteiger partial charge in [0.05, 0.1) is 31.6 Å². The SMILES string of the molecule is O=C(NC1COC2C(Nc3nccc(-c4ccco4)n3)COC12)c1ccccc1. The fourth-order valence-electron chi connectivity index (χ4n) is 3.74. The Balaban J connectivity index is 1.24. The van der Waals surface area contributed by atoms with Crippen molar-refractivity contribution in [2.45, 2.75) is 24.3 Å². The van der Waals surface area contributed by atoms with Crippen LogP contribution in [0.5, 0.6) is 0 Å². The van der Waals surface area contributed by atoms with Crippen LogP contribution in [0, 0.1) is 0 Å². The first-order valence-corrected chi connectivity index (χ1v) is 9.50. The van der Waals surface area contributed by atoms with E-state index < -0.39 is 0 Å². The van der Waals surface area contributed by atoms with Crippen molar-refractivity contribution in [3.05, 3.63) is 66.6 Å². The van der Waals surface area contributed by atoms with Crippen LogP contribution in [0.4, 0.5) is 5.95 Å². The zero-order chi connectivity index (χ0) is 19.6. The van der Waals surface area contributed by atoms with Gasteiger partial charge in [-0.25, -0.2) is 9.97 Å². The topological polar surface area (TPSA) is 98.5 Å². The van der Waals surface area contributed by atoms with Crippen molar-refractivity contribution in [3.8, 4) is 11.5 Å². The maximum atomic E-state index is 12.4. The number of hydrogen-bond acceptors (Lipinski definition) is 7. The summed E-state index contributed by atoms with van der Waals surface area (Å²) in [6, 6.07) is 14.3. The molecule has 2 aliphatic heterocycles. The molecule has 2 N–H and O–H groups in total. The molecule has 8 heteroatoms. The van der Waals surface area contributed by atoms with Gasteiger partial charge < -0.3 is 24.5 Å². The summed E-state index contributed by atoms with van der Waals surface area (Å²) in [7, 11) is 0. The van der Waals surface area contributed by atoms with Crippen LogP contribution in [-0.4, -0.2) is 53.4 Å². The third-order valence-corrected chi connectivity index (χ3v) is 5.15. The molecule has 4 unspecified atom stereocenters. The molecule has 4 heterocycles. The first-order chi connectivity index (χ1) is 14.3. The van der Waals surface area contributed by atoms with Gasteiger partial charge in [-0.05, 0) is 30.3 Å². The molecule has 0 spiro atoms. The molecule has 0 saturated carbocycles. The normalized spacial score (nSPS) is 25.5. The number of furan rings is 1. The molecule has 0 bridgehead atoms. The van der Waals surface area contributed by atoms with Crippen LogP contribution in [0.25, 0.3) is 11.5 Å². The van der Waals surface area contributed by atoms with E-state index >= 15 is 0 Å². The molecular weight excluding hydrogens is 372 g/mol. The smallest absolute Gasteiger partial charge is 0.251 e. The fourth-order valence-corrected chi connectivity index (χ4v) is 3.74. The van der Waals surface area contributed by atoms with Crippen LogP contribution >= 0.6 is 0 Å². The van der Waals surface area contributed by atoms with Gasteiger partial charge in [0.25, 0.3) is 5.91 Å². The summed E-state index contributed by atoms with van der Waals surface area (Å²) in [5.74, 6) is 1.03. The minimum atomic E-state index is -0.214. The van der Waals surface area contributed by atoms with Crippen LogP contribution in [0.15, 0.2) is 65.4 Å². The lowest BCUT2D eigenvalue weighted by molar-refractivity contribution is 0.0652. The molecule has 0 aliphatic carbocycles. The van der Waals surface area contributed by atoms with E-state index in [9.17, 15) is 4.79 Å². The molecule has 1 aromatic carbocycles. The molecule has 29 heavy (non-hydrogen) atoms. The zero-order valence-corrected chi connectivity index (χ0v) is 15.5. The predicted molar refractivity (Wildman–Crippen MR) is 104 cm³/mol. The van der Waals surface area contributed by atoms with Gasteiger partial charge in [0.1, 0.15) is 17.9 Å². The largest absolute Gasteiger partial charge is 0.463 e. The van der Waals surface area contributed by atoms with Crippen molar-refractivity contribution in [1.29, 1.82) is 0 Å². The molecule has 0 radical (unpaired) electrons. The Morgan fingerprint density at radius 2 is 1.76 bits per heavy atom. The van der Waals surface area contributed by atoms with Crippen molar-refractivity contribution in [1.82, 2.24) is 15.3 Å². The first-order valence-electron chi connectivity index (χ1n) is 9.50. The zero-order valence-electron chi connectivity index (χ0n) is 15.5. The summed E-state index contributed by atoms with van der Waals surface area (Å²) in [4.78, 5) is 21.2. The first kappa shape index (κ1) is 17.8. The summed E-state index contributed by atoms with van der Waals surface area (Å²) < 4.78 is 17.3. The average Bonchev–Trinajstić information content (AvgIpc) is 3.49. The van der Waals surface area contributed by atoms with Crippen LogP contribution in [-0.2, 0) is 9.47 Å². The van der Waals surface area contributed by atoms with E-state index in [0.29, 0.717) is 36.2 Å². The van der Waals surface area contributed by atoms with Crippen molar-refractivity contribution in [2.24, 2.45) is 0 Å². The number of anilines is 1. The number of amides is 1. The number of benzene rings is 1. The second kappa shape index (κ2) is 7.65. The number of ether oxygens (including phenoxy) is 2. The van der Waals surface area contributed by atoms with Crippen molar-refractivity contribution in [3.63, 3.8) is 0 Å². The molecule has 8 nitrogen and oxygen atoms in total. The molecule has 2 aliphatic rings. The molecule has 3 aromatic rings. The van der Waals surface area contributed by atoms with Crippen LogP contribution in [0.3, 0.4) is 0 Å². The Morgan fingerprint density at radius 1 is 0.966 bits per heavy atom. The monoisotopic (exact) mass is 392 g/mol. The summed E-state index contributed by atoms with van der Waals surface area (Å²) >= 11 is 0. The molecule has 2 fully saturated rings. The maximum Gasteiger partial charge on any atom is 0.251 e.